The monoisotopic (exact) mass is 301 g/mol. The number of unbranched alkanes of at least 4 members (excludes halogenated alkanes) is 2. The molecule has 0 spiro atoms. The van der Waals surface area contributed by atoms with E-state index in [1.807, 2.05) is 11.8 Å². The van der Waals surface area contributed by atoms with Crippen molar-refractivity contribution in [2.75, 3.05) is 29.5 Å². The van der Waals surface area contributed by atoms with Gasteiger partial charge in [0, 0.05) is 0 Å². The topological polar surface area (TPSA) is 12.0 Å². The van der Waals surface area contributed by atoms with Gasteiger partial charge in [-0.2, -0.15) is 11.8 Å². The zero-order chi connectivity index (χ0) is 9.07. The molecule has 0 saturated heterocycles. The van der Waals surface area contributed by atoms with Crippen LogP contribution in [0.3, 0.4) is 0 Å². The van der Waals surface area contributed by atoms with Gasteiger partial charge in [-0.3, -0.25) is 0 Å². The normalized spacial score (nSPS) is 10.5. The smallest absolute Gasteiger partial charge is 0.000472 e. The maximum atomic E-state index is 3.46. The van der Waals surface area contributed by atoms with Crippen LogP contribution in [0.4, 0.5) is 0 Å². The van der Waals surface area contributed by atoms with E-state index < -0.39 is 0 Å². The zero-order valence-electron chi connectivity index (χ0n) is 7.94. The number of halogens is 1. The van der Waals surface area contributed by atoms with Crippen molar-refractivity contribution in [2.24, 2.45) is 0 Å². The van der Waals surface area contributed by atoms with Crippen LogP contribution in [0.15, 0.2) is 0 Å². The summed E-state index contributed by atoms with van der Waals surface area (Å²) in [5.41, 5.74) is 0. The number of hydrogen-bond acceptors (Lipinski definition) is 2. The molecule has 0 fully saturated rings. The third-order valence-electron chi connectivity index (χ3n) is 1.69. The third-order valence-corrected chi connectivity index (χ3v) is 3.15. The van der Waals surface area contributed by atoms with Crippen molar-refractivity contribution in [3.63, 3.8) is 0 Å². The van der Waals surface area contributed by atoms with Gasteiger partial charge in [0.25, 0.3) is 0 Å². The van der Waals surface area contributed by atoms with E-state index in [-0.39, 0.29) is 0 Å². The molecule has 1 N–H and O–H groups in total. The molecule has 0 aliphatic carbocycles. The van der Waals surface area contributed by atoms with Crippen molar-refractivity contribution in [2.45, 2.75) is 25.7 Å². The Kier molecular flexibility index (Phi) is 13.1. The first-order chi connectivity index (χ1) is 5.91. The molecule has 0 aromatic carbocycles. The van der Waals surface area contributed by atoms with E-state index in [4.69, 9.17) is 0 Å². The van der Waals surface area contributed by atoms with Gasteiger partial charge in [0.1, 0.15) is 0 Å². The number of hydrogen-bond donors (Lipinski definition) is 1. The fourth-order valence-electron chi connectivity index (χ4n) is 0.988. The fourth-order valence-corrected chi connectivity index (χ4v) is 1.96. The molecule has 0 bridgehead atoms. The summed E-state index contributed by atoms with van der Waals surface area (Å²) >= 11 is 4.38. The molecule has 0 amide bonds. The quantitative estimate of drug-likeness (QED) is 0.399. The summed E-state index contributed by atoms with van der Waals surface area (Å²) in [7, 11) is 0. The van der Waals surface area contributed by atoms with Crippen molar-refractivity contribution in [1.82, 2.24) is 5.32 Å². The Labute approximate surface area is 94.6 Å². The van der Waals surface area contributed by atoms with Crippen LogP contribution in [0.2, 0.25) is 0 Å². The summed E-state index contributed by atoms with van der Waals surface area (Å²) in [5, 5.41) is 3.46. The van der Waals surface area contributed by atoms with Crippen LogP contribution in [-0.4, -0.2) is 29.5 Å². The first-order valence-corrected chi connectivity index (χ1v) is 7.59. The van der Waals surface area contributed by atoms with E-state index in [1.165, 1.54) is 49.0 Å². The Morgan fingerprint density at radius 1 is 1.08 bits per heavy atom. The Bertz CT molecular complexity index is 70.9. The second kappa shape index (κ2) is 12.0. The zero-order valence-corrected chi connectivity index (χ0v) is 10.9. The van der Waals surface area contributed by atoms with Gasteiger partial charge in [-0.05, 0) is 48.8 Å². The average Bonchev–Trinajstić information content (AvgIpc) is 2.10. The number of thioether (sulfide) groups is 1. The highest BCUT2D eigenvalue weighted by atomic mass is 127. The van der Waals surface area contributed by atoms with Crippen LogP contribution in [0.1, 0.15) is 25.7 Å². The van der Waals surface area contributed by atoms with Crippen LogP contribution in [0.25, 0.3) is 0 Å². The number of nitrogens with one attached hydrogen (secondary N) is 1. The van der Waals surface area contributed by atoms with Gasteiger partial charge in [0.15, 0.2) is 0 Å². The maximum Gasteiger partial charge on any atom is -0.000472 e. The predicted octanol–water partition coefficient (Wildman–Crippen LogP) is 2.93. The molecule has 0 aliphatic heterocycles. The Morgan fingerprint density at radius 3 is 2.50 bits per heavy atom. The first kappa shape index (κ1) is 13.0. The molecule has 1 nitrogen and oxygen atoms in total. The fraction of sp³-hybridized carbons (Fsp3) is 1.00. The van der Waals surface area contributed by atoms with Gasteiger partial charge in [-0.25, -0.2) is 0 Å². The van der Waals surface area contributed by atoms with E-state index in [0.717, 1.165) is 0 Å². The van der Waals surface area contributed by atoms with E-state index in [9.17, 15) is 0 Å². The molecular formula is C9H20INS. The van der Waals surface area contributed by atoms with Crippen LogP contribution in [0, 0.1) is 0 Å². The molecule has 0 atom stereocenters. The van der Waals surface area contributed by atoms with Gasteiger partial charge >= 0.3 is 0 Å². The lowest BCUT2D eigenvalue weighted by Crippen LogP contribution is -2.17. The molecule has 74 valence electrons. The van der Waals surface area contributed by atoms with Gasteiger partial charge in [0.05, 0.1) is 0 Å². The summed E-state index contributed by atoms with van der Waals surface area (Å²) < 4.78 is 1.31. The average molecular weight is 301 g/mol. The van der Waals surface area contributed by atoms with Crippen LogP contribution in [-0.2, 0) is 0 Å². The predicted molar refractivity (Wildman–Crippen MR) is 68.6 cm³/mol. The van der Waals surface area contributed by atoms with Crippen LogP contribution < -0.4 is 5.32 Å². The molecule has 0 saturated carbocycles. The van der Waals surface area contributed by atoms with E-state index in [0.29, 0.717) is 0 Å². The van der Waals surface area contributed by atoms with Crippen LogP contribution >= 0.6 is 34.4 Å². The van der Waals surface area contributed by atoms with E-state index in [1.54, 1.807) is 0 Å². The van der Waals surface area contributed by atoms with Gasteiger partial charge in [-0.1, -0.05) is 29.0 Å². The number of rotatable bonds is 9. The van der Waals surface area contributed by atoms with E-state index in [2.05, 4.69) is 34.2 Å². The summed E-state index contributed by atoms with van der Waals surface area (Å²) in [5.74, 6) is 1.29. The molecule has 0 heterocycles. The minimum Gasteiger partial charge on any atom is -0.317 e. The van der Waals surface area contributed by atoms with E-state index >= 15 is 0 Å². The molecule has 12 heavy (non-hydrogen) atoms. The highest BCUT2D eigenvalue weighted by Gasteiger charge is 1.88. The molecule has 0 aromatic rings. The summed E-state index contributed by atoms with van der Waals surface area (Å²) in [6.07, 6.45) is 7.60. The van der Waals surface area contributed by atoms with Gasteiger partial charge in [-0.15, -0.1) is 0 Å². The minimum atomic E-state index is 1.20. The van der Waals surface area contributed by atoms with Crippen molar-refractivity contribution >= 4 is 34.4 Å². The van der Waals surface area contributed by atoms with Crippen molar-refractivity contribution < 1.29 is 0 Å². The molecule has 0 rings (SSSR count). The van der Waals surface area contributed by atoms with Crippen molar-refractivity contribution in [3.8, 4) is 0 Å². The molecular weight excluding hydrogens is 281 g/mol. The second-order valence-electron chi connectivity index (χ2n) is 2.85. The molecule has 0 aliphatic rings. The summed E-state index contributed by atoms with van der Waals surface area (Å²) in [4.78, 5) is 0. The van der Waals surface area contributed by atoms with Crippen molar-refractivity contribution in [1.29, 1.82) is 0 Å². The lowest BCUT2D eigenvalue weighted by atomic mass is 10.2. The Balaban J connectivity index is 2.73. The first-order valence-electron chi connectivity index (χ1n) is 4.67. The van der Waals surface area contributed by atoms with Crippen LogP contribution in [0.5, 0.6) is 0 Å². The lowest BCUT2D eigenvalue weighted by Gasteiger charge is -2.02. The molecule has 3 heteroatoms. The second-order valence-corrected chi connectivity index (χ2v) is 4.91. The molecule has 0 unspecified atom stereocenters. The lowest BCUT2D eigenvalue weighted by molar-refractivity contribution is 0.616. The maximum absolute atomic E-state index is 3.46. The largest absolute Gasteiger partial charge is 0.317 e. The van der Waals surface area contributed by atoms with Gasteiger partial charge < -0.3 is 5.32 Å². The van der Waals surface area contributed by atoms with Crippen molar-refractivity contribution in [3.05, 3.63) is 0 Å². The Hall–Kier alpha value is 1.04. The highest BCUT2D eigenvalue weighted by molar-refractivity contribution is 14.1. The number of alkyl halides is 1. The standard InChI is InChI=1S/C9H20INS/c1-12-9-5-8-11-7-4-2-3-6-10/h11H,2-9H2,1H3. The summed E-state index contributed by atoms with van der Waals surface area (Å²) in [6, 6.07) is 0. The molecule has 0 radical (unpaired) electrons. The van der Waals surface area contributed by atoms with Gasteiger partial charge in [0.2, 0.25) is 0 Å². The Morgan fingerprint density at radius 2 is 1.83 bits per heavy atom. The molecule has 0 aromatic heterocycles. The minimum absolute atomic E-state index is 1.20. The third kappa shape index (κ3) is 11.0. The summed E-state index contributed by atoms with van der Waals surface area (Å²) in [6.45, 7) is 2.41. The highest BCUT2D eigenvalue weighted by Crippen LogP contribution is 1.98. The SMILES string of the molecule is CSCCCNCCCCCI.